The summed E-state index contributed by atoms with van der Waals surface area (Å²) in [6.07, 6.45) is 12.1. The molecule has 0 unspecified atom stereocenters. The molecule has 0 spiro atoms. The van der Waals surface area contributed by atoms with Crippen molar-refractivity contribution >= 4 is 15.9 Å². The Kier molecular flexibility index (Phi) is 9.57. The molecule has 4 nitrogen and oxygen atoms in total. The summed E-state index contributed by atoms with van der Waals surface area (Å²) in [6.45, 7) is 4.48. The van der Waals surface area contributed by atoms with E-state index >= 15 is 0 Å². The first-order chi connectivity index (χ1) is 8.81. The lowest BCUT2D eigenvalue weighted by Crippen LogP contribution is -2.27. The summed E-state index contributed by atoms with van der Waals surface area (Å²) >= 11 is 0. The van der Waals surface area contributed by atoms with E-state index in [0.29, 0.717) is 0 Å². The van der Waals surface area contributed by atoms with Crippen molar-refractivity contribution in [3.8, 4) is 0 Å². The fraction of sp³-hybridized carbons (Fsp3) is 0.786. The Morgan fingerprint density at radius 3 is 2.26 bits per heavy atom. The molecule has 0 aromatic carbocycles. The number of allylic oxidation sites excluding steroid dienone is 1. The highest BCUT2D eigenvalue weighted by molar-refractivity contribution is 7.89. The van der Waals surface area contributed by atoms with Crippen LogP contribution in [0.5, 0.6) is 0 Å². The largest absolute Gasteiger partial charge is 0.269 e. The number of hydrogen-bond acceptors (Lipinski definition) is 3. The first-order valence-electron chi connectivity index (χ1n) is 6.99. The molecule has 1 N–H and O–H groups in total. The predicted molar refractivity (Wildman–Crippen MR) is 79.3 cm³/mol. The first-order valence-corrected chi connectivity index (χ1v) is 8.88. The molecule has 1 amide bonds. The van der Waals surface area contributed by atoms with Crippen LogP contribution in [0, 0.1) is 5.92 Å². The Hall–Kier alpha value is -0.840. The minimum atomic E-state index is -3.44. The minimum absolute atomic E-state index is 0.570. The van der Waals surface area contributed by atoms with Crippen LogP contribution < -0.4 is 4.72 Å². The number of unbranched alkanes of at least 4 members (excludes halogenated alkanes) is 5. The normalized spacial score (nSPS) is 12.2. The van der Waals surface area contributed by atoms with Gasteiger partial charge in [0.05, 0.1) is 6.26 Å². The quantitative estimate of drug-likeness (QED) is 0.496. The van der Waals surface area contributed by atoms with Crippen LogP contribution in [-0.4, -0.2) is 20.6 Å². The molecular weight excluding hydrogens is 262 g/mol. The zero-order valence-electron chi connectivity index (χ0n) is 12.3. The van der Waals surface area contributed by atoms with Gasteiger partial charge in [-0.1, -0.05) is 52.0 Å². The molecule has 112 valence electrons. The van der Waals surface area contributed by atoms with Gasteiger partial charge in [-0.3, -0.25) is 4.79 Å². The zero-order chi connectivity index (χ0) is 14.7. The number of amides is 1. The molecule has 0 aromatic heterocycles. The summed E-state index contributed by atoms with van der Waals surface area (Å²) in [4.78, 5) is 11.1. The van der Waals surface area contributed by atoms with E-state index in [1.54, 1.807) is 6.08 Å². The maximum absolute atomic E-state index is 11.1. The van der Waals surface area contributed by atoms with Gasteiger partial charge >= 0.3 is 0 Å². The molecule has 0 aromatic rings. The third-order valence-corrected chi connectivity index (χ3v) is 3.28. The van der Waals surface area contributed by atoms with Crippen molar-refractivity contribution in [3.05, 3.63) is 12.2 Å². The molecular formula is C14H27NO3S. The Morgan fingerprint density at radius 2 is 1.68 bits per heavy atom. The maximum atomic E-state index is 11.1. The highest BCUT2D eigenvalue weighted by Gasteiger charge is 2.03. The molecule has 0 aliphatic rings. The van der Waals surface area contributed by atoms with Crippen LogP contribution in [0.4, 0.5) is 0 Å². The van der Waals surface area contributed by atoms with Crippen LogP contribution in [0.1, 0.15) is 58.8 Å². The van der Waals surface area contributed by atoms with Crippen molar-refractivity contribution in [2.45, 2.75) is 58.8 Å². The summed E-state index contributed by atoms with van der Waals surface area (Å²) in [5.74, 6) is 0.218. The van der Waals surface area contributed by atoms with Gasteiger partial charge in [-0.05, 0) is 24.8 Å². The third-order valence-electron chi connectivity index (χ3n) is 2.71. The van der Waals surface area contributed by atoms with E-state index in [9.17, 15) is 13.2 Å². The van der Waals surface area contributed by atoms with E-state index in [-0.39, 0.29) is 0 Å². The maximum Gasteiger partial charge on any atom is 0.257 e. The van der Waals surface area contributed by atoms with Gasteiger partial charge in [-0.25, -0.2) is 13.1 Å². The minimum Gasteiger partial charge on any atom is -0.269 e. The summed E-state index contributed by atoms with van der Waals surface area (Å²) < 4.78 is 23.4. The Bertz CT molecular complexity index is 372. The summed E-state index contributed by atoms with van der Waals surface area (Å²) in [7, 11) is -3.44. The van der Waals surface area contributed by atoms with E-state index in [1.807, 2.05) is 4.72 Å². The number of nitrogens with one attached hydrogen (secondary N) is 1. The molecule has 0 heterocycles. The van der Waals surface area contributed by atoms with Crippen molar-refractivity contribution in [2.24, 2.45) is 5.92 Å². The van der Waals surface area contributed by atoms with E-state index in [0.717, 1.165) is 31.4 Å². The van der Waals surface area contributed by atoms with Gasteiger partial charge in [0, 0.05) is 0 Å². The Balaban J connectivity index is 3.46. The van der Waals surface area contributed by atoms with Gasteiger partial charge in [0.2, 0.25) is 10.0 Å². The molecule has 5 heteroatoms. The molecule has 0 radical (unpaired) electrons. The van der Waals surface area contributed by atoms with Crippen molar-refractivity contribution < 1.29 is 13.2 Å². The van der Waals surface area contributed by atoms with Crippen LogP contribution in [0.25, 0.3) is 0 Å². The van der Waals surface area contributed by atoms with E-state index in [1.165, 1.54) is 31.8 Å². The lowest BCUT2D eigenvalue weighted by molar-refractivity contribution is -0.114. The number of rotatable bonds is 10. The van der Waals surface area contributed by atoms with Crippen molar-refractivity contribution in [1.82, 2.24) is 4.72 Å². The van der Waals surface area contributed by atoms with Crippen LogP contribution in [-0.2, 0) is 14.8 Å². The molecule has 0 saturated heterocycles. The smallest absolute Gasteiger partial charge is 0.257 e. The summed E-state index contributed by atoms with van der Waals surface area (Å²) in [5.41, 5.74) is 0. The van der Waals surface area contributed by atoms with Gasteiger partial charge in [0.25, 0.3) is 5.91 Å². The van der Waals surface area contributed by atoms with Crippen LogP contribution >= 0.6 is 0 Å². The SMILES string of the molecule is CC(C)CCCCCCC/C=C\C(=O)NS(C)(=O)=O. The second kappa shape index (κ2) is 10.0. The average Bonchev–Trinajstić information content (AvgIpc) is 2.24. The standard InChI is InChI=1S/C14H27NO3S/c1-13(2)11-9-7-5-4-6-8-10-12-14(16)15-19(3,17)18/h10,12-13H,4-9,11H2,1-3H3,(H,15,16)/b12-10-. The van der Waals surface area contributed by atoms with Crippen LogP contribution in [0.3, 0.4) is 0 Å². The molecule has 0 aliphatic carbocycles. The van der Waals surface area contributed by atoms with E-state index in [4.69, 9.17) is 0 Å². The second-order valence-corrected chi connectivity index (χ2v) is 7.13. The van der Waals surface area contributed by atoms with Gasteiger partial charge in [-0.2, -0.15) is 0 Å². The van der Waals surface area contributed by atoms with Crippen molar-refractivity contribution in [2.75, 3.05) is 6.26 Å². The van der Waals surface area contributed by atoms with Crippen LogP contribution in [0.2, 0.25) is 0 Å². The number of carbonyl (C=O) groups is 1. The molecule has 0 bridgehead atoms. The van der Waals surface area contributed by atoms with Gasteiger partial charge in [-0.15, -0.1) is 0 Å². The molecule has 19 heavy (non-hydrogen) atoms. The fourth-order valence-electron chi connectivity index (χ4n) is 1.75. The molecule has 0 atom stereocenters. The van der Waals surface area contributed by atoms with Gasteiger partial charge < -0.3 is 0 Å². The second-order valence-electron chi connectivity index (χ2n) is 5.38. The monoisotopic (exact) mass is 289 g/mol. The van der Waals surface area contributed by atoms with E-state index in [2.05, 4.69) is 13.8 Å². The lowest BCUT2D eigenvalue weighted by Gasteiger charge is -2.03. The molecule has 0 saturated carbocycles. The Labute approximate surface area is 117 Å². The van der Waals surface area contributed by atoms with Gasteiger partial charge in [0.15, 0.2) is 0 Å². The number of sulfonamides is 1. The van der Waals surface area contributed by atoms with Crippen molar-refractivity contribution in [3.63, 3.8) is 0 Å². The fourth-order valence-corrected chi connectivity index (χ4v) is 2.19. The number of carbonyl (C=O) groups excluding carboxylic acids is 1. The first kappa shape index (κ1) is 18.2. The summed E-state index contributed by atoms with van der Waals surface area (Å²) in [5, 5.41) is 0. The Morgan fingerprint density at radius 1 is 1.11 bits per heavy atom. The third kappa shape index (κ3) is 15.1. The van der Waals surface area contributed by atoms with E-state index < -0.39 is 15.9 Å². The summed E-state index contributed by atoms with van der Waals surface area (Å²) in [6, 6.07) is 0. The van der Waals surface area contributed by atoms with Crippen molar-refractivity contribution in [1.29, 1.82) is 0 Å². The topological polar surface area (TPSA) is 63.2 Å². The molecule has 0 aliphatic heterocycles. The van der Waals surface area contributed by atoms with Gasteiger partial charge in [0.1, 0.15) is 0 Å². The molecule has 0 fully saturated rings. The highest BCUT2D eigenvalue weighted by atomic mass is 32.2. The predicted octanol–water partition coefficient (Wildman–Crippen LogP) is 3.01. The molecule has 0 rings (SSSR count). The number of hydrogen-bond donors (Lipinski definition) is 1. The lowest BCUT2D eigenvalue weighted by atomic mass is 10.0. The highest BCUT2D eigenvalue weighted by Crippen LogP contribution is 2.11. The average molecular weight is 289 g/mol. The van der Waals surface area contributed by atoms with Crippen LogP contribution in [0.15, 0.2) is 12.2 Å². The zero-order valence-corrected chi connectivity index (χ0v) is 13.1.